The highest BCUT2D eigenvalue weighted by Gasteiger charge is 2.39. The number of carbonyl (C=O) groups is 1. The van der Waals surface area contributed by atoms with Gasteiger partial charge in [0.2, 0.25) is 0 Å². The fourth-order valence-electron chi connectivity index (χ4n) is 3.13. The third-order valence-electron chi connectivity index (χ3n) is 4.40. The smallest absolute Gasteiger partial charge is 0.276 e. The Hall–Kier alpha value is -1.07. The van der Waals surface area contributed by atoms with Crippen molar-refractivity contribution in [1.29, 1.82) is 0 Å². The molecular formula is C13H18ClN3O2. The molecule has 4 rings (SSSR count). The van der Waals surface area contributed by atoms with E-state index >= 15 is 0 Å². The molecule has 0 spiro atoms. The van der Waals surface area contributed by atoms with Gasteiger partial charge in [-0.1, -0.05) is 5.16 Å². The molecular weight excluding hydrogens is 266 g/mol. The SMILES string of the molecule is Cl.O=C(c1cc(C2CC2)on1)N1C[C@H]2CNC[C@H]2C1. The van der Waals surface area contributed by atoms with Gasteiger partial charge in [0, 0.05) is 38.2 Å². The molecule has 1 saturated carbocycles. The van der Waals surface area contributed by atoms with Gasteiger partial charge in [0.15, 0.2) is 5.69 Å². The van der Waals surface area contributed by atoms with E-state index in [9.17, 15) is 4.79 Å². The van der Waals surface area contributed by atoms with Crippen LogP contribution in [0.25, 0.3) is 0 Å². The summed E-state index contributed by atoms with van der Waals surface area (Å²) >= 11 is 0. The molecule has 2 saturated heterocycles. The van der Waals surface area contributed by atoms with Crippen molar-refractivity contribution in [3.05, 3.63) is 17.5 Å². The molecule has 0 radical (unpaired) electrons. The zero-order valence-corrected chi connectivity index (χ0v) is 11.5. The zero-order valence-electron chi connectivity index (χ0n) is 10.7. The fourth-order valence-corrected chi connectivity index (χ4v) is 3.13. The van der Waals surface area contributed by atoms with Crippen LogP contribution in [0.5, 0.6) is 0 Å². The molecule has 5 nitrogen and oxygen atoms in total. The molecule has 0 unspecified atom stereocenters. The largest absolute Gasteiger partial charge is 0.360 e. The first-order chi connectivity index (χ1) is 8.81. The van der Waals surface area contributed by atoms with Crippen LogP contribution >= 0.6 is 12.4 Å². The first-order valence-corrected chi connectivity index (χ1v) is 6.78. The van der Waals surface area contributed by atoms with Crippen molar-refractivity contribution in [2.75, 3.05) is 26.2 Å². The van der Waals surface area contributed by atoms with Gasteiger partial charge in [-0.15, -0.1) is 12.4 Å². The van der Waals surface area contributed by atoms with E-state index in [0.29, 0.717) is 23.4 Å². The minimum Gasteiger partial charge on any atom is -0.360 e. The van der Waals surface area contributed by atoms with E-state index in [-0.39, 0.29) is 18.3 Å². The van der Waals surface area contributed by atoms with Gasteiger partial charge in [-0.25, -0.2) is 0 Å². The van der Waals surface area contributed by atoms with Crippen LogP contribution in [0.4, 0.5) is 0 Å². The van der Waals surface area contributed by atoms with Gasteiger partial charge < -0.3 is 14.7 Å². The summed E-state index contributed by atoms with van der Waals surface area (Å²) in [5.41, 5.74) is 0.491. The number of aromatic nitrogens is 1. The normalized spacial score (nSPS) is 29.2. The summed E-state index contributed by atoms with van der Waals surface area (Å²) in [5.74, 6) is 2.70. The Morgan fingerprint density at radius 1 is 1.32 bits per heavy atom. The van der Waals surface area contributed by atoms with Gasteiger partial charge in [-0.05, 0) is 24.7 Å². The number of likely N-dealkylation sites (tertiary alicyclic amines) is 1. The van der Waals surface area contributed by atoms with Crippen LogP contribution < -0.4 is 5.32 Å². The number of fused-ring (bicyclic) bond motifs is 1. The number of halogens is 1. The van der Waals surface area contributed by atoms with Gasteiger partial charge >= 0.3 is 0 Å². The van der Waals surface area contributed by atoms with Crippen LogP contribution in [-0.4, -0.2) is 42.1 Å². The van der Waals surface area contributed by atoms with E-state index in [1.54, 1.807) is 0 Å². The van der Waals surface area contributed by atoms with E-state index in [0.717, 1.165) is 31.9 Å². The number of carbonyl (C=O) groups excluding carboxylic acids is 1. The van der Waals surface area contributed by atoms with Gasteiger partial charge in [0.05, 0.1) is 0 Å². The molecule has 3 aliphatic rings. The Bertz CT molecular complexity index is 474. The second-order valence-electron chi connectivity index (χ2n) is 5.78. The minimum absolute atomic E-state index is 0. The molecule has 104 valence electrons. The Labute approximate surface area is 118 Å². The van der Waals surface area contributed by atoms with E-state index in [1.165, 1.54) is 12.8 Å². The Kier molecular flexibility index (Phi) is 3.27. The first-order valence-electron chi connectivity index (χ1n) is 6.78. The predicted octanol–water partition coefficient (Wildman–Crippen LogP) is 1.27. The van der Waals surface area contributed by atoms with Gasteiger partial charge in [-0.2, -0.15) is 0 Å². The lowest BCUT2D eigenvalue weighted by molar-refractivity contribution is 0.0771. The van der Waals surface area contributed by atoms with Crippen LogP contribution in [0.1, 0.15) is 35.0 Å². The molecule has 1 aromatic heterocycles. The minimum atomic E-state index is 0. The molecule has 1 amide bonds. The second kappa shape index (κ2) is 4.80. The lowest BCUT2D eigenvalue weighted by Crippen LogP contribution is -2.32. The van der Waals surface area contributed by atoms with Crippen LogP contribution in [0, 0.1) is 11.8 Å². The molecule has 1 aliphatic carbocycles. The van der Waals surface area contributed by atoms with E-state index < -0.39 is 0 Å². The molecule has 1 aromatic rings. The van der Waals surface area contributed by atoms with Crippen molar-refractivity contribution < 1.29 is 9.32 Å². The summed E-state index contributed by atoms with van der Waals surface area (Å²) in [6, 6.07) is 1.84. The molecule has 3 fully saturated rings. The number of hydrogen-bond donors (Lipinski definition) is 1. The maximum absolute atomic E-state index is 12.3. The Morgan fingerprint density at radius 2 is 2.00 bits per heavy atom. The molecule has 2 aliphatic heterocycles. The standard InChI is InChI=1S/C13H17N3O2.ClH/c17-13(11-3-12(18-15-11)8-1-2-8)16-6-9-4-14-5-10(9)7-16;/h3,8-10,14H,1-2,4-7H2;1H/t9-,10+;. The summed E-state index contributed by atoms with van der Waals surface area (Å²) in [7, 11) is 0. The maximum atomic E-state index is 12.3. The Morgan fingerprint density at radius 3 is 2.63 bits per heavy atom. The zero-order chi connectivity index (χ0) is 12.1. The number of nitrogens with one attached hydrogen (secondary N) is 1. The second-order valence-corrected chi connectivity index (χ2v) is 5.78. The number of rotatable bonds is 2. The topological polar surface area (TPSA) is 58.4 Å². The first kappa shape index (κ1) is 12.9. The lowest BCUT2D eigenvalue weighted by atomic mass is 10.0. The van der Waals surface area contributed by atoms with E-state index in [1.807, 2.05) is 11.0 Å². The highest BCUT2D eigenvalue weighted by atomic mass is 35.5. The summed E-state index contributed by atoms with van der Waals surface area (Å²) < 4.78 is 5.25. The molecule has 6 heteroatoms. The molecule has 1 N–H and O–H groups in total. The quantitative estimate of drug-likeness (QED) is 0.888. The third kappa shape index (κ3) is 2.25. The van der Waals surface area contributed by atoms with Crippen LogP contribution in [0.2, 0.25) is 0 Å². The molecule has 3 heterocycles. The third-order valence-corrected chi connectivity index (χ3v) is 4.40. The average Bonchev–Trinajstić information content (AvgIpc) is 2.80. The number of hydrogen-bond acceptors (Lipinski definition) is 4. The maximum Gasteiger partial charge on any atom is 0.276 e. The van der Waals surface area contributed by atoms with Crippen LogP contribution in [-0.2, 0) is 0 Å². The van der Waals surface area contributed by atoms with E-state index in [4.69, 9.17) is 4.52 Å². The van der Waals surface area contributed by atoms with Crippen molar-refractivity contribution in [2.45, 2.75) is 18.8 Å². The molecule has 2 atom stereocenters. The van der Waals surface area contributed by atoms with Gasteiger partial charge in [-0.3, -0.25) is 4.79 Å². The van der Waals surface area contributed by atoms with Crippen molar-refractivity contribution >= 4 is 18.3 Å². The van der Waals surface area contributed by atoms with Gasteiger partial charge in [0.1, 0.15) is 5.76 Å². The summed E-state index contributed by atoms with van der Waals surface area (Å²) in [6.45, 7) is 3.81. The fraction of sp³-hybridized carbons (Fsp3) is 0.692. The average molecular weight is 284 g/mol. The highest BCUT2D eigenvalue weighted by molar-refractivity contribution is 5.92. The molecule has 0 bridgehead atoms. The van der Waals surface area contributed by atoms with Crippen LogP contribution in [0.3, 0.4) is 0 Å². The van der Waals surface area contributed by atoms with Crippen molar-refractivity contribution in [2.24, 2.45) is 11.8 Å². The van der Waals surface area contributed by atoms with Crippen LogP contribution in [0.15, 0.2) is 10.6 Å². The highest BCUT2D eigenvalue weighted by Crippen LogP contribution is 2.40. The van der Waals surface area contributed by atoms with Crippen molar-refractivity contribution in [3.63, 3.8) is 0 Å². The number of nitrogens with zero attached hydrogens (tertiary/aromatic N) is 2. The van der Waals surface area contributed by atoms with Crippen molar-refractivity contribution in [3.8, 4) is 0 Å². The summed E-state index contributed by atoms with van der Waals surface area (Å²) in [4.78, 5) is 14.3. The summed E-state index contributed by atoms with van der Waals surface area (Å²) in [5, 5.41) is 7.31. The predicted molar refractivity (Wildman–Crippen MR) is 71.5 cm³/mol. The van der Waals surface area contributed by atoms with Gasteiger partial charge in [0.25, 0.3) is 5.91 Å². The Balaban J connectivity index is 0.00000110. The monoisotopic (exact) mass is 283 g/mol. The van der Waals surface area contributed by atoms with Crippen molar-refractivity contribution in [1.82, 2.24) is 15.4 Å². The lowest BCUT2D eigenvalue weighted by Gasteiger charge is -2.15. The summed E-state index contributed by atoms with van der Waals surface area (Å²) in [6.07, 6.45) is 2.34. The number of amides is 1. The van der Waals surface area contributed by atoms with E-state index in [2.05, 4.69) is 10.5 Å². The molecule has 0 aromatic carbocycles. The molecule has 19 heavy (non-hydrogen) atoms.